The molecule has 112 valence electrons. The van der Waals surface area contributed by atoms with Gasteiger partial charge in [0.2, 0.25) is 0 Å². The molecule has 0 unspecified atom stereocenters. The molecule has 0 amide bonds. The Morgan fingerprint density at radius 1 is 1.10 bits per heavy atom. The first kappa shape index (κ1) is 14.6. The minimum Gasteiger partial charge on any atom is -0.369 e. The Balaban J connectivity index is 1.56. The number of thiophene rings is 1. The third kappa shape index (κ3) is 4.08. The van der Waals surface area contributed by atoms with E-state index in [0.29, 0.717) is 0 Å². The maximum absolute atomic E-state index is 3.58. The van der Waals surface area contributed by atoms with Crippen LogP contribution in [0.5, 0.6) is 0 Å². The number of hydrogen-bond donors (Lipinski definition) is 1. The minimum absolute atomic E-state index is 0.787. The quantitative estimate of drug-likeness (QED) is 0.824. The topological polar surface area (TPSA) is 15.3 Å². The van der Waals surface area contributed by atoms with Crippen molar-refractivity contribution in [2.24, 2.45) is 0 Å². The van der Waals surface area contributed by atoms with E-state index in [1.807, 2.05) is 11.3 Å². The Morgan fingerprint density at radius 3 is 2.48 bits per heavy atom. The molecule has 1 N–H and O–H groups in total. The zero-order valence-corrected chi connectivity index (χ0v) is 13.7. The summed E-state index contributed by atoms with van der Waals surface area (Å²) in [6.45, 7) is 4.21. The molecular formula is C18H24N2S. The lowest BCUT2D eigenvalue weighted by atomic mass is 10.1. The molecule has 1 aliphatic rings. The predicted molar refractivity (Wildman–Crippen MR) is 92.1 cm³/mol. The first-order valence-corrected chi connectivity index (χ1v) is 8.67. The fourth-order valence-corrected chi connectivity index (χ4v) is 3.47. The number of anilines is 1. The minimum atomic E-state index is 0.787. The van der Waals surface area contributed by atoms with Crippen LogP contribution >= 0.6 is 11.3 Å². The van der Waals surface area contributed by atoms with E-state index in [-0.39, 0.29) is 0 Å². The summed E-state index contributed by atoms with van der Waals surface area (Å²) in [6.07, 6.45) is 3.82. The molecule has 1 aromatic carbocycles. The van der Waals surface area contributed by atoms with Crippen molar-refractivity contribution in [3.05, 3.63) is 51.7 Å². The SMILES string of the molecule is CCc1ccc(N(C)Cc2ccc(CNC3CC3)s2)cc1. The molecular weight excluding hydrogens is 276 g/mol. The Kier molecular flexibility index (Phi) is 4.61. The summed E-state index contributed by atoms with van der Waals surface area (Å²) >= 11 is 1.93. The molecule has 0 saturated heterocycles. The smallest absolute Gasteiger partial charge is 0.0519 e. The van der Waals surface area contributed by atoms with E-state index >= 15 is 0 Å². The molecule has 0 aliphatic heterocycles. The third-order valence-corrected chi connectivity index (χ3v) is 5.11. The van der Waals surface area contributed by atoms with E-state index in [1.54, 1.807) is 0 Å². The summed E-state index contributed by atoms with van der Waals surface area (Å²) in [5.74, 6) is 0. The zero-order chi connectivity index (χ0) is 14.7. The van der Waals surface area contributed by atoms with Crippen molar-refractivity contribution in [3.8, 4) is 0 Å². The van der Waals surface area contributed by atoms with Crippen LogP contribution in [-0.4, -0.2) is 13.1 Å². The van der Waals surface area contributed by atoms with Gasteiger partial charge in [0.25, 0.3) is 0 Å². The Hall–Kier alpha value is -1.32. The monoisotopic (exact) mass is 300 g/mol. The van der Waals surface area contributed by atoms with Gasteiger partial charge >= 0.3 is 0 Å². The van der Waals surface area contributed by atoms with Gasteiger partial charge < -0.3 is 10.2 Å². The van der Waals surface area contributed by atoms with Crippen molar-refractivity contribution >= 4 is 17.0 Å². The molecule has 2 nitrogen and oxygen atoms in total. The molecule has 2 aromatic rings. The van der Waals surface area contributed by atoms with E-state index < -0.39 is 0 Å². The number of benzene rings is 1. The van der Waals surface area contributed by atoms with Gasteiger partial charge in [0.1, 0.15) is 0 Å². The number of nitrogens with one attached hydrogen (secondary N) is 1. The normalized spacial score (nSPS) is 14.4. The van der Waals surface area contributed by atoms with Crippen LogP contribution in [-0.2, 0) is 19.5 Å². The standard InChI is InChI=1S/C18H24N2S/c1-3-14-4-8-16(9-5-14)20(2)13-18-11-10-17(21-18)12-19-15-6-7-15/h4-5,8-11,15,19H,3,6-7,12-13H2,1-2H3. The van der Waals surface area contributed by atoms with E-state index in [1.165, 1.54) is 33.8 Å². The molecule has 1 fully saturated rings. The maximum atomic E-state index is 3.58. The van der Waals surface area contributed by atoms with Crippen LogP contribution < -0.4 is 10.2 Å². The van der Waals surface area contributed by atoms with Gasteiger partial charge in [-0.25, -0.2) is 0 Å². The average Bonchev–Trinajstić information content (AvgIpc) is 3.25. The molecule has 0 radical (unpaired) electrons. The van der Waals surface area contributed by atoms with Crippen molar-refractivity contribution in [3.63, 3.8) is 0 Å². The van der Waals surface area contributed by atoms with E-state index in [2.05, 4.69) is 60.6 Å². The van der Waals surface area contributed by atoms with Gasteiger partial charge in [0.05, 0.1) is 6.54 Å². The highest BCUT2D eigenvalue weighted by atomic mass is 32.1. The van der Waals surface area contributed by atoms with Crippen LogP contribution in [0.25, 0.3) is 0 Å². The third-order valence-electron chi connectivity index (χ3n) is 4.04. The van der Waals surface area contributed by atoms with Crippen molar-refractivity contribution in [1.82, 2.24) is 5.32 Å². The van der Waals surface area contributed by atoms with Crippen molar-refractivity contribution in [1.29, 1.82) is 0 Å². The molecule has 1 aliphatic carbocycles. The second-order valence-electron chi connectivity index (χ2n) is 5.90. The zero-order valence-electron chi connectivity index (χ0n) is 12.9. The molecule has 21 heavy (non-hydrogen) atoms. The van der Waals surface area contributed by atoms with Crippen LogP contribution in [0.3, 0.4) is 0 Å². The van der Waals surface area contributed by atoms with Crippen LogP contribution in [0, 0.1) is 0 Å². The van der Waals surface area contributed by atoms with Crippen LogP contribution in [0.1, 0.15) is 35.1 Å². The molecule has 0 spiro atoms. The van der Waals surface area contributed by atoms with Gasteiger partial charge in [-0.2, -0.15) is 0 Å². The van der Waals surface area contributed by atoms with E-state index in [0.717, 1.165) is 25.6 Å². The lowest BCUT2D eigenvalue weighted by Gasteiger charge is -2.18. The Labute approximate surface area is 131 Å². The average molecular weight is 300 g/mol. The summed E-state index contributed by atoms with van der Waals surface area (Å²) in [4.78, 5) is 5.21. The van der Waals surface area contributed by atoms with Gasteiger partial charge in [-0.1, -0.05) is 19.1 Å². The molecule has 0 bridgehead atoms. The highest BCUT2D eigenvalue weighted by Crippen LogP contribution is 2.24. The summed E-state index contributed by atoms with van der Waals surface area (Å²) in [6, 6.07) is 14.2. The number of hydrogen-bond acceptors (Lipinski definition) is 3. The predicted octanol–water partition coefficient (Wildman–Crippen LogP) is 4.20. The molecule has 1 heterocycles. The summed E-state index contributed by atoms with van der Waals surface area (Å²) in [5.41, 5.74) is 2.69. The lowest BCUT2D eigenvalue weighted by molar-refractivity contribution is 0.695. The Bertz CT molecular complexity index is 569. The van der Waals surface area contributed by atoms with Gasteiger partial charge in [0, 0.05) is 35.1 Å². The van der Waals surface area contributed by atoms with Crippen molar-refractivity contribution in [2.75, 3.05) is 11.9 Å². The van der Waals surface area contributed by atoms with E-state index in [4.69, 9.17) is 0 Å². The molecule has 1 aromatic heterocycles. The molecule has 3 heteroatoms. The molecule has 1 saturated carbocycles. The van der Waals surface area contributed by atoms with Crippen molar-refractivity contribution < 1.29 is 0 Å². The van der Waals surface area contributed by atoms with Gasteiger partial charge in [0.15, 0.2) is 0 Å². The molecule has 0 atom stereocenters. The summed E-state index contributed by atoms with van der Waals surface area (Å²) in [7, 11) is 2.17. The van der Waals surface area contributed by atoms with Crippen LogP contribution in [0.4, 0.5) is 5.69 Å². The van der Waals surface area contributed by atoms with Gasteiger partial charge in [-0.15, -0.1) is 11.3 Å². The highest BCUT2D eigenvalue weighted by Gasteiger charge is 2.20. The largest absolute Gasteiger partial charge is 0.369 e. The van der Waals surface area contributed by atoms with Crippen molar-refractivity contribution in [2.45, 2.75) is 45.3 Å². The molecule has 3 rings (SSSR count). The second-order valence-corrected chi connectivity index (χ2v) is 7.15. The summed E-state index contributed by atoms with van der Waals surface area (Å²) in [5, 5.41) is 3.58. The maximum Gasteiger partial charge on any atom is 0.0519 e. The van der Waals surface area contributed by atoms with E-state index in [9.17, 15) is 0 Å². The second kappa shape index (κ2) is 6.63. The summed E-state index contributed by atoms with van der Waals surface area (Å²) < 4.78 is 0. The van der Waals surface area contributed by atoms with Crippen LogP contribution in [0.2, 0.25) is 0 Å². The fourth-order valence-electron chi connectivity index (χ4n) is 2.45. The lowest BCUT2D eigenvalue weighted by Crippen LogP contribution is -2.15. The first-order valence-electron chi connectivity index (χ1n) is 7.85. The number of aryl methyl sites for hydroxylation is 1. The highest BCUT2D eigenvalue weighted by molar-refractivity contribution is 7.12. The fraction of sp³-hybridized carbons (Fsp3) is 0.444. The van der Waals surface area contributed by atoms with Gasteiger partial charge in [-0.05, 0) is 49.1 Å². The number of rotatable bonds is 7. The Morgan fingerprint density at radius 2 is 1.81 bits per heavy atom. The number of nitrogens with zero attached hydrogens (tertiary/aromatic N) is 1. The van der Waals surface area contributed by atoms with Crippen LogP contribution in [0.15, 0.2) is 36.4 Å². The first-order chi connectivity index (χ1) is 10.2. The van der Waals surface area contributed by atoms with Gasteiger partial charge in [-0.3, -0.25) is 0 Å².